The molecular weight excluding hydrogens is 440 g/mol. The third-order valence-electron chi connectivity index (χ3n) is 8.20. The molecule has 1 aliphatic heterocycles. The first kappa shape index (κ1) is 25.9. The average Bonchev–Trinajstić information content (AvgIpc) is 3.72. The highest BCUT2D eigenvalue weighted by atomic mass is 16.6. The van der Waals surface area contributed by atoms with Gasteiger partial charge in [-0.1, -0.05) is 57.6 Å². The second-order valence-electron chi connectivity index (χ2n) is 10.8. The number of unbranched alkanes of at least 4 members (excludes halogenated alkanes) is 2. The van der Waals surface area contributed by atoms with Crippen molar-refractivity contribution < 1.29 is 23.8 Å². The molecule has 0 spiro atoms. The van der Waals surface area contributed by atoms with Crippen LogP contribution in [0.2, 0.25) is 0 Å². The van der Waals surface area contributed by atoms with Crippen molar-refractivity contribution in [2.45, 2.75) is 90.1 Å². The number of carbonyl (C=O) groups is 2. The smallest absolute Gasteiger partial charge is 0.330 e. The van der Waals surface area contributed by atoms with E-state index in [1.807, 2.05) is 12.1 Å². The number of hydrogen-bond acceptors (Lipinski definition) is 5. The number of epoxide rings is 1. The minimum absolute atomic E-state index is 0.0152. The van der Waals surface area contributed by atoms with Crippen molar-refractivity contribution in [2.24, 2.45) is 23.7 Å². The number of ether oxygens (including phenoxy) is 3. The highest BCUT2D eigenvalue weighted by Gasteiger charge is 2.33. The van der Waals surface area contributed by atoms with Crippen LogP contribution in [-0.4, -0.2) is 31.3 Å². The van der Waals surface area contributed by atoms with Crippen molar-refractivity contribution in [1.82, 2.24) is 0 Å². The molecule has 3 fully saturated rings. The SMILES string of the molecule is CCCCCC1CCC(C2CCC(C(=O)Oc3ccc(/C=C/C(=O)OCC4CO4)cc3)CC2)CC1. The van der Waals surface area contributed by atoms with Crippen LogP contribution < -0.4 is 4.74 Å². The highest BCUT2D eigenvalue weighted by molar-refractivity contribution is 5.87. The molecule has 1 saturated heterocycles. The minimum atomic E-state index is -0.383. The summed E-state index contributed by atoms with van der Waals surface area (Å²) in [6.45, 7) is 3.26. The van der Waals surface area contributed by atoms with Gasteiger partial charge in [-0.3, -0.25) is 4.79 Å². The summed E-state index contributed by atoms with van der Waals surface area (Å²) in [4.78, 5) is 24.4. The Morgan fingerprint density at radius 3 is 2.23 bits per heavy atom. The summed E-state index contributed by atoms with van der Waals surface area (Å²) in [5, 5.41) is 0. The molecule has 2 aliphatic carbocycles. The Labute approximate surface area is 210 Å². The van der Waals surface area contributed by atoms with Crippen molar-refractivity contribution in [3.8, 4) is 5.75 Å². The van der Waals surface area contributed by atoms with Gasteiger partial charge in [0.25, 0.3) is 0 Å². The van der Waals surface area contributed by atoms with Crippen LogP contribution in [0.5, 0.6) is 5.75 Å². The van der Waals surface area contributed by atoms with E-state index < -0.39 is 0 Å². The van der Waals surface area contributed by atoms with Crippen LogP contribution in [0.3, 0.4) is 0 Å². The number of hydrogen-bond donors (Lipinski definition) is 0. The number of benzene rings is 1. The molecule has 35 heavy (non-hydrogen) atoms. The van der Waals surface area contributed by atoms with Gasteiger partial charge in [0.2, 0.25) is 0 Å². The Morgan fingerprint density at radius 1 is 0.943 bits per heavy atom. The average molecular weight is 483 g/mol. The lowest BCUT2D eigenvalue weighted by atomic mass is 9.68. The number of esters is 2. The summed E-state index contributed by atoms with van der Waals surface area (Å²) >= 11 is 0. The Morgan fingerprint density at radius 2 is 1.60 bits per heavy atom. The van der Waals surface area contributed by atoms with Gasteiger partial charge in [0, 0.05) is 6.08 Å². The third kappa shape index (κ3) is 8.49. The van der Waals surface area contributed by atoms with Crippen LogP contribution in [0.15, 0.2) is 30.3 Å². The zero-order chi connectivity index (χ0) is 24.5. The first-order chi connectivity index (χ1) is 17.1. The second-order valence-corrected chi connectivity index (χ2v) is 10.8. The molecule has 1 unspecified atom stereocenters. The largest absolute Gasteiger partial charge is 0.460 e. The molecule has 4 rings (SSSR count). The van der Waals surface area contributed by atoms with Gasteiger partial charge in [-0.25, -0.2) is 4.79 Å². The maximum atomic E-state index is 12.7. The van der Waals surface area contributed by atoms with Gasteiger partial charge in [0.15, 0.2) is 0 Å². The van der Waals surface area contributed by atoms with Gasteiger partial charge in [-0.2, -0.15) is 0 Å². The fourth-order valence-corrected chi connectivity index (χ4v) is 5.86. The fourth-order valence-electron chi connectivity index (χ4n) is 5.86. The Bertz CT molecular complexity index is 825. The lowest BCUT2D eigenvalue weighted by Gasteiger charge is -2.37. The lowest BCUT2D eigenvalue weighted by Crippen LogP contribution is -2.30. The van der Waals surface area contributed by atoms with E-state index in [1.165, 1.54) is 57.4 Å². The normalized spacial score (nSPS) is 28.5. The van der Waals surface area contributed by atoms with Gasteiger partial charge in [0.1, 0.15) is 18.5 Å². The van der Waals surface area contributed by atoms with Crippen LogP contribution in [0.25, 0.3) is 6.08 Å². The van der Waals surface area contributed by atoms with E-state index in [1.54, 1.807) is 18.2 Å². The van der Waals surface area contributed by atoms with Gasteiger partial charge in [-0.05, 0) is 80.1 Å². The molecule has 1 aromatic carbocycles. The van der Waals surface area contributed by atoms with E-state index in [2.05, 4.69) is 6.92 Å². The summed E-state index contributed by atoms with van der Waals surface area (Å²) in [7, 11) is 0. The van der Waals surface area contributed by atoms with E-state index in [0.717, 1.165) is 49.0 Å². The van der Waals surface area contributed by atoms with Crippen molar-refractivity contribution >= 4 is 18.0 Å². The van der Waals surface area contributed by atoms with Crippen molar-refractivity contribution in [3.05, 3.63) is 35.9 Å². The summed E-state index contributed by atoms with van der Waals surface area (Å²) < 4.78 is 15.8. The molecular formula is C30H42O5. The predicted octanol–water partition coefficient (Wildman–Crippen LogP) is 6.74. The minimum Gasteiger partial charge on any atom is -0.460 e. The van der Waals surface area contributed by atoms with Crippen LogP contribution in [0.1, 0.15) is 89.5 Å². The number of carbonyl (C=O) groups excluding carboxylic acids is 2. The van der Waals surface area contributed by atoms with E-state index in [9.17, 15) is 9.59 Å². The van der Waals surface area contributed by atoms with Crippen LogP contribution in [0, 0.1) is 23.7 Å². The monoisotopic (exact) mass is 482 g/mol. The molecule has 1 atom stereocenters. The first-order valence-electron chi connectivity index (χ1n) is 13.9. The summed E-state index contributed by atoms with van der Waals surface area (Å²) in [5.41, 5.74) is 0.852. The van der Waals surface area contributed by atoms with Crippen molar-refractivity contribution in [1.29, 1.82) is 0 Å². The maximum Gasteiger partial charge on any atom is 0.330 e. The van der Waals surface area contributed by atoms with Gasteiger partial charge in [-0.15, -0.1) is 0 Å². The molecule has 5 heteroatoms. The molecule has 5 nitrogen and oxygen atoms in total. The van der Waals surface area contributed by atoms with Gasteiger partial charge in [0.05, 0.1) is 12.5 Å². The maximum absolute atomic E-state index is 12.7. The zero-order valence-corrected chi connectivity index (χ0v) is 21.3. The molecule has 0 N–H and O–H groups in total. The zero-order valence-electron chi connectivity index (χ0n) is 21.3. The molecule has 192 valence electrons. The molecule has 0 radical (unpaired) electrons. The van der Waals surface area contributed by atoms with Crippen LogP contribution >= 0.6 is 0 Å². The molecule has 0 amide bonds. The molecule has 0 bridgehead atoms. The van der Waals surface area contributed by atoms with Gasteiger partial charge < -0.3 is 14.2 Å². The van der Waals surface area contributed by atoms with E-state index >= 15 is 0 Å². The van der Waals surface area contributed by atoms with Crippen molar-refractivity contribution in [3.63, 3.8) is 0 Å². The second kappa shape index (κ2) is 13.2. The topological polar surface area (TPSA) is 65.1 Å². The summed E-state index contributed by atoms with van der Waals surface area (Å²) in [5.74, 6) is 2.72. The molecule has 2 saturated carbocycles. The first-order valence-corrected chi connectivity index (χ1v) is 13.9. The molecule has 0 aromatic heterocycles. The Kier molecular flexibility index (Phi) is 9.82. The standard InChI is InChI=1S/C30H42O5/c1-2-3-4-5-22-6-11-24(12-7-22)25-13-15-26(16-14-25)30(32)35-27-17-8-23(9-18-27)10-19-29(31)34-21-28-20-33-28/h8-10,17-19,22,24-26,28H,2-7,11-16,20-21H2,1H3/b19-10+. The summed E-state index contributed by atoms with van der Waals surface area (Å²) in [6.07, 6.45) is 18.6. The number of rotatable bonds is 11. The lowest BCUT2D eigenvalue weighted by molar-refractivity contribution is -0.140. The third-order valence-corrected chi connectivity index (χ3v) is 8.20. The molecule has 3 aliphatic rings. The summed E-state index contributed by atoms with van der Waals surface area (Å²) in [6, 6.07) is 7.24. The quantitative estimate of drug-likeness (QED) is 0.115. The predicted molar refractivity (Wildman–Crippen MR) is 137 cm³/mol. The van der Waals surface area contributed by atoms with E-state index in [4.69, 9.17) is 14.2 Å². The Balaban J connectivity index is 1.14. The molecule has 1 aromatic rings. The Hall–Kier alpha value is -2.14. The fraction of sp³-hybridized carbons (Fsp3) is 0.667. The van der Waals surface area contributed by atoms with Crippen LogP contribution in [0.4, 0.5) is 0 Å². The highest BCUT2D eigenvalue weighted by Crippen LogP contribution is 2.42. The van der Waals surface area contributed by atoms with E-state index in [0.29, 0.717) is 19.0 Å². The van der Waals surface area contributed by atoms with Crippen molar-refractivity contribution in [2.75, 3.05) is 13.2 Å². The van der Waals surface area contributed by atoms with E-state index in [-0.39, 0.29) is 24.0 Å². The van der Waals surface area contributed by atoms with Gasteiger partial charge >= 0.3 is 11.9 Å². The molecule has 1 heterocycles. The van der Waals surface area contributed by atoms with Crippen LogP contribution in [-0.2, 0) is 19.1 Å².